The fourth-order valence-electron chi connectivity index (χ4n) is 2.96. The second kappa shape index (κ2) is 5.26. The fourth-order valence-corrected chi connectivity index (χ4v) is 2.96. The van der Waals surface area contributed by atoms with Crippen molar-refractivity contribution in [2.24, 2.45) is 5.41 Å². The molecule has 0 spiro atoms. The summed E-state index contributed by atoms with van der Waals surface area (Å²) in [6.45, 7) is 5.10. The van der Waals surface area contributed by atoms with E-state index in [1.165, 1.54) is 0 Å². The lowest BCUT2D eigenvalue weighted by Gasteiger charge is -2.40. The first-order valence-corrected chi connectivity index (χ1v) is 7.64. The molecule has 1 saturated carbocycles. The molecule has 1 aliphatic rings. The quantitative estimate of drug-likeness (QED) is 0.907. The van der Waals surface area contributed by atoms with Gasteiger partial charge in [0.05, 0.1) is 11.1 Å². The van der Waals surface area contributed by atoms with Gasteiger partial charge in [0.1, 0.15) is 12.1 Å². The van der Waals surface area contributed by atoms with Gasteiger partial charge in [-0.25, -0.2) is 9.97 Å². The van der Waals surface area contributed by atoms with E-state index in [0.717, 1.165) is 42.4 Å². The second-order valence-corrected chi connectivity index (χ2v) is 6.98. The van der Waals surface area contributed by atoms with Gasteiger partial charge in [0.2, 0.25) is 0 Å². The minimum Gasteiger partial charge on any atom is -0.388 e. The van der Waals surface area contributed by atoms with E-state index in [2.05, 4.69) is 29.1 Å². The molecule has 1 aromatic carbocycles. The number of nitrogens with zero attached hydrogens (tertiary/aromatic N) is 2. The first-order chi connectivity index (χ1) is 9.98. The first-order valence-electron chi connectivity index (χ1n) is 7.64. The van der Waals surface area contributed by atoms with E-state index in [1.807, 2.05) is 24.3 Å². The molecule has 0 radical (unpaired) electrons. The van der Waals surface area contributed by atoms with E-state index in [0.29, 0.717) is 12.0 Å². The zero-order valence-electron chi connectivity index (χ0n) is 12.8. The number of hydrogen-bond donors (Lipinski definition) is 2. The monoisotopic (exact) mass is 285 g/mol. The molecular weight excluding hydrogens is 262 g/mol. The molecule has 1 fully saturated rings. The van der Waals surface area contributed by atoms with Gasteiger partial charge in [0.25, 0.3) is 0 Å². The Morgan fingerprint density at radius 1 is 1.10 bits per heavy atom. The van der Waals surface area contributed by atoms with Crippen LogP contribution in [0.15, 0.2) is 30.6 Å². The van der Waals surface area contributed by atoms with Crippen LogP contribution in [0.25, 0.3) is 10.9 Å². The van der Waals surface area contributed by atoms with Crippen LogP contribution in [-0.4, -0.2) is 27.2 Å². The smallest absolute Gasteiger partial charge is 0.137 e. The third-order valence-corrected chi connectivity index (χ3v) is 4.66. The fraction of sp³-hybridized carbons (Fsp3) is 0.529. The van der Waals surface area contributed by atoms with Crippen molar-refractivity contribution in [2.45, 2.75) is 45.1 Å². The summed E-state index contributed by atoms with van der Waals surface area (Å²) >= 11 is 0. The zero-order chi connectivity index (χ0) is 14.9. The molecule has 0 atom stereocenters. The molecule has 4 nitrogen and oxygen atoms in total. The molecule has 2 aromatic rings. The van der Waals surface area contributed by atoms with Gasteiger partial charge in [-0.15, -0.1) is 0 Å². The Kier molecular flexibility index (Phi) is 3.57. The number of aliphatic hydroxyl groups is 1. The average molecular weight is 285 g/mol. The summed E-state index contributed by atoms with van der Waals surface area (Å²) in [7, 11) is 0. The molecule has 0 bridgehead atoms. The average Bonchev–Trinajstić information content (AvgIpc) is 2.49. The highest BCUT2D eigenvalue weighted by Crippen LogP contribution is 2.40. The number of rotatable bonds is 3. The van der Waals surface area contributed by atoms with Crippen LogP contribution >= 0.6 is 0 Å². The summed E-state index contributed by atoms with van der Waals surface area (Å²) in [6, 6.07) is 7.93. The van der Waals surface area contributed by atoms with Crippen LogP contribution in [0.2, 0.25) is 0 Å². The minimum atomic E-state index is -0.623. The molecule has 2 N–H and O–H groups in total. The maximum Gasteiger partial charge on any atom is 0.137 e. The van der Waals surface area contributed by atoms with Crippen LogP contribution in [0, 0.1) is 5.41 Å². The van der Waals surface area contributed by atoms with E-state index < -0.39 is 5.60 Å². The van der Waals surface area contributed by atoms with Crippen LogP contribution in [0.5, 0.6) is 0 Å². The van der Waals surface area contributed by atoms with Gasteiger partial charge < -0.3 is 10.4 Å². The predicted molar refractivity (Wildman–Crippen MR) is 85.2 cm³/mol. The van der Waals surface area contributed by atoms with Crippen molar-refractivity contribution in [3.05, 3.63) is 30.6 Å². The van der Waals surface area contributed by atoms with E-state index in [-0.39, 0.29) is 0 Å². The zero-order valence-corrected chi connectivity index (χ0v) is 12.8. The maximum atomic E-state index is 10.7. The predicted octanol–water partition coefficient (Wildman–Crippen LogP) is 3.37. The molecule has 0 saturated heterocycles. The van der Waals surface area contributed by atoms with E-state index >= 15 is 0 Å². The minimum absolute atomic E-state index is 0.355. The standard InChI is InChI=1S/C17H23N3O/c1-16(2)7-9-17(21,10-8-16)11-18-15-13-5-3-4-6-14(13)19-12-20-15/h3-6,12,21H,7-11H2,1-2H3,(H,18,19,20). The molecule has 1 aliphatic carbocycles. The number of hydrogen-bond acceptors (Lipinski definition) is 4. The molecule has 112 valence electrons. The van der Waals surface area contributed by atoms with Gasteiger partial charge >= 0.3 is 0 Å². The van der Waals surface area contributed by atoms with Gasteiger partial charge in [0, 0.05) is 11.9 Å². The molecule has 0 aliphatic heterocycles. The Balaban J connectivity index is 1.72. The van der Waals surface area contributed by atoms with Crippen molar-refractivity contribution in [3.8, 4) is 0 Å². The number of aromatic nitrogens is 2. The molecule has 0 unspecified atom stereocenters. The Bertz CT molecular complexity index is 623. The van der Waals surface area contributed by atoms with Gasteiger partial charge in [-0.05, 0) is 43.2 Å². The highest BCUT2D eigenvalue weighted by molar-refractivity contribution is 5.88. The third kappa shape index (κ3) is 3.16. The molecule has 3 rings (SSSR count). The van der Waals surface area contributed by atoms with Crippen LogP contribution < -0.4 is 5.32 Å². The lowest BCUT2D eigenvalue weighted by molar-refractivity contribution is -0.0145. The summed E-state index contributed by atoms with van der Waals surface area (Å²) in [5.41, 5.74) is 0.654. The van der Waals surface area contributed by atoms with Gasteiger partial charge in [-0.1, -0.05) is 26.0 Å². The third-order valence-electron chi connectivity index (χ3n) is 4.66. The number of nitrogens with one attached hydrogen (secondary N) is 1. The lowest BCUT2D eigenvalue weighted by Crippen LogP contribution is -2.42. The SMILES string of the molecule is CC1(C)CCC(O)(CNc2ncnc3ccccc23)CC1. The number of anilines is 1. The molecular formula is C17H23N3O. The molecule has 1 heterocycles. The molecule has 4 heteroatoms. The van der Waals surface area contributed by atoms with Crippen LogP contribution in [0.3, 0.4) is 0 Å². The lowest BCUT2D eigenvalue weighted by atomic mass is 9.71. The molecule has 1 aromatic heterocycles. The van der Waals surface area contributed by atoms with Gasteiger partial charge in [-0.3, -0.25) is 0 Å². The summed E-state index contributed by atoms with van der Waals surface area (Å²) in [4.78, 5) is 8.58. The van der Waals surface area contributed by atoms with Crippen LogP contribution in [0.1, 0.15) is 39.5 Å². The number of fused-ring (bicyclic) bond motifs is 1. The molecule has 21 heavy (non-hydrogen) atoms. The number of para-hydroxylation sites is 1. The highest BCUT2D eigenvalue weighted by Gasteiger charge is 2.36. The van der Waals surface area contributed by atoms with E-state index in [4.69, 9.17) is 0 Å². The van der Waals surface area contributed by atoms with Crippen LogP contribution in [0.4, 0.5) is 5.82 Å². The van der Waals surface area contributed by atoms with Crippen molar-refractivity contribution in [1.29, 1.82) is 0 Å². The van der Waals surface area contributed by atoms with Crippen molar-refractivity contribution in [1.82, 2.24) is 9.97 Å². The van der Waals surface area contributed by atoms with Crippen molar-refractivity contribution >= 4 is 16.7 Å². The first kappa shape index (κ1) is 14.3. The van der Waals surface area contributed by atoms with Crippen molar-refractivity contribution in [2.75, 3.05) is 11.9 Å². The second-order valence-electron chi connectivity index (χ2n) is 6.98. The highest BCUT2D eigenvalue weighted by atomic mass is 16.3. The van der Waals surface area contributed by atoms with Gasteiger partial charge in [-0.2, -0.15) is 0 Å². The summed E-state index contributed by atoms with van der Waals surface area (Å²) in [5, 5.41) is 15.1. The Morgan fingerprint density at radius 3 is 2.57 bits per heavy atom. The normalized spacial score (nSPS) is 20.3. The van der Waals surface area contributed by atoms with E-state index in [1.54, 1.807) is 6.33 Å². The number of benzene rings is 1. The summed E-state index contributed by atoms with van der Waals surface area (Å²) in [5.74, 6) is 0.804. The Labute approximate surface area is 125 Å². The summed E-state index contributed by atoms with van der Waals surface area (Å²) < 4.78 is 0. The molecule has 0 amide bonds. The van der Waals surface area contributed by atoms with Gasteiger partial charge in [0.15, 0.2) is 0 Å². The Hall–Kier alpha value is -1.68. The van der Waals surface area contributed by atoms with E-state index in [9.17, 15) is 5.11 Å². The maximum absolute atomic E-state index is 10.7. The topological polar surface area (TPSA) is 58.0 Å². The van der Waals surface area contributed by atoms with Crippen LogP contribution in [-0.2, 0) is 0 Å². The summed E-state index contributed by atoms with van der Waals surface area (Å²) in [6.07, 6.45) is 5.39. The van der Waals surface area contributed by atoms with Crippen molar-refractivity contribution in [3.63, 3.8) is 0 Å². The largest absolute Gasteiger partial charge is 0.388 e. The van der Waals surface area contributed by atoms with Crippen molar-refractivity contribution < 1.29 is 5.11 Å². The Morgan fingerprint density at radius 2 is 1.81 bits per heavy atom.